The SMILES string of the molecule is C[C@]12CC[C@H]3[C@@H](CC[C@H]4CCCC[C@@]43C)[C@@H]1C[C@H](OC(=O)NCc1ccccc1)C2. The van der Waals surface area contributed by atoms with Crippen LogP contribution >= 0.6 is 0 Å². The Morgan fingerprint density at radius 3 is 2.70 bits per heavy atom. The van der Waals surface area contributed by atoms with E-state index >= 15 is 0 Å². The van der Waals surface area contributed by atoms with E-state index in [1.807, 2.05) is 30.3 Å². The largest absolute Gasteiger partial charge is 0.446 e. The van der Waals surface area contributed by atoms with Gasteiger partial charge in [-0.05, 0) is 91.4 Å². The Kier molecular flexibility index (Phi) is 5.35. The monoisotopic (exact) mass is 409 g/mol. The average molecular weight is 410 g/mol. The van der Waals surface area contributed by atoms with Crippen LogP contribution in [0.1, 0.15) is 83.6 Å². The Morgan fingerprint density at radius 1 is 1.03 bits per heavy atom. The average Bonchev–Trinajstić information content (AvgIpc) is 3.08. The van der Waals surface area contributed by atoms with Crippen LogP contribution in [-0.4, -0.2) is 12.2 Å². The molecule has 4 saturated carbocycles. The third-order valence-corrected chi connectivity index (χ3v) is 9.87. The number of carbonyl (C=O) groups excluding carboxylic acids is 1. The van der Waals surface area contributed by atoms with Crippen LogP contribution in [0.4, 0.5) is 4.79 Å². The number of benzene rings is 1. The molecule has 0 radical (unpaired) electrons. The molecule has 4 aliphatic carbocycles. The lowest BCUT2D eigenvalue weighted by atomic mass is 9.45. The first-order chi connectivity index (χ1) is 14.5. The molecule has 0 unspecified atom stereocenters. The van der Waals surface area contributed by atoms with Crippen LogP contribution in [0.15, 0.2) is 30.3 Å². The van der Waals surface area contributed by atoms with E-state index in [2.05, 4.69) is 19.2 Å². The molecule has 0 heterocycles. The molecule has 0 aromatic heterocycles. The predicted octanol–water partition coefficient (Wildman–Crippen LogP) is 6.71. The second-order valence-electron chi connectivity index (χ2n) is 11.4. The molecule has 7 atom stereocenters. The van der Waals surface area contributed by atoms with Gasteiger partial charge in [0.25, 0.3) is 0 Å². The van der Waals surface area contributed by atoms with Gasteiger partial charge in [-0.15, -0.1) is 0 Å². The zero-order chi connectivity index (χ0) is 20.8. The van der Waals surface area contributed by atoms with Gasteiger partial charge in [0.1, 0.15) is 6.10 Å². The lowest BCUT2D eigenvalue weighted by Gasteiger charge is -2.59. The molecule has 1 amide bonds. The fourth-order valence-corrected chi connectivity index (χ4v) is 8.34. The van der Waals surface area contributed by atoms with Gasteiger partial charge in [-0.1, -0.05) is 57.0 Å². The van der Waals surface area contributed by atoms with Crippen molar-refractivity contribution in [1.29, 1.82) is 0 Å². The lowest BCUT2D eigenvalue weighted by molar-refractivity contribution is -0.103. The predicted molar refractivity (Wildman–Crippen MR) is 120 cm³/mol. The van der Waals surface area contributed by atoms with E-state index in [4.69, 9.17) is 4.74 Å². The van der Waals surface area contributed by atoms with Gasteiger partial charge in [-0.25, -0.2) is 4.79 Å². The highest BCUT2D eigenvalue weighted by Gasteiger charge is 2.59. The maximum atomic E-state index is 12.5. The Hall–Kier alpha value is -1.51. The highest BCUT2D eigenvalue weighted by molar-refractivity contribution is 5.67. The first-order valence-electron chi connectivity index (χ1n) is 12.5. The van der Waals surface area contributed by atoms with Gasteiger partial charge in [0.15, 0.2) is 0 Å². The molecular weight excluding hydrogens is 370 g/mol. The van der Waals surface area contributed by atoms with Gasteiger partial charge in [0.2, 0.25) is 0 Å². The summed E-state index contributed by atoms with van der Waals surface area (Å²) in [4.78, 5) is 12.5. The smallest absolute Gasteiger partial charge is 0.407 e. The minimum absolute atomic E-state index is 0.0893. The minimum Gasteiger partial charge on any atom is -0.446 e. The number of hydrogen-bond acceptors (Lipinski definition) is 2. The second kappa shape index (κ2) is 7.88. The third-order valence-electron chi connectivity index (χ3n) is 9.87. The van der Waals surface area contributed by atoms with E-state index in [0.717, 1.165) is 42.1 Å². The van der Waals surface area contributed by atoms with E-state index in [0.29, 0.717) is 17.4 Å². The molecule has 1 aromatic rings. The van der Waals surface area contributed by atoms with Gasteiger partial charge < -0.3 is 10.1 Å². The molecule has 0 aliphatic heterocycles. The number of amides is 1. The highest BCUT2D eigenvalue weighted by Crippen LogP contribution is 2.66. The summed E-state index contributed by atoms with van der Waals surface area (Å²) in [5, 5.41) is 2.96. The maximum Gasteiger partial charge on any atom is 0.407 e. The van der Waals surface area contributed by atoms with Gasteiger partial charge in [-0.2, -0.15) is 0 Å². The van der Waals surface area contributed by atoms with E-state index in [-0.39, 0.29) is 12.2 Å². The van der Waals surface area contributed by atoms with Crippen molar-refractivity contribution in [3.8, 4) is 0 Å². The number of fused-ring (bicyclic) bond motifs is 5. The zero-order valence-corrected chi connectivity index (χ0v) is 18.9. The molecule has 164 valence electrons. The van der Waals surface area contributed by atoms with Gasteiger partial charge in [-0.3, -0.25) is 0 Å². The molecule has 1 aromatic carbocycles. The summed E-state index contributed by atoms with van der Waals surface area (Å²) in [6.07, 6.45) is 13.4. The van der Waals surface area contributed by atoms with E-state index in [1.165, 1.54) is 51.4 Å². The maximum absolute atomic E-state index is 12.5. The Labute approximate surface area is 182 Å². The summed E-state index contributed by atoms with van der Waals surface area (Å²) in [5.41, 5.74) is 2.06. The summed E-state index contributed by atoms with van der Waals surface area (Å²) in [7, 11) is 0. The topological polar surface area (TPSA) is 38.3 Å². The summed E-state index contributed by atoms with van der Waals surface area (Å²) in [6, 6.07) is 10.1. The normalized spacial score (nSPS) is 42.5. The molecule has 30 heavy (non-hydrogen) atoms. The molecule has 0 saturated heterocycles. The molecule has 0 bridgehead atoms. The van der Waals surface area contributed by atoms with Crippen molar-refractivity contribution in [2.75, 3.05) is 0 Å². The van der Waals surface area contributed by atoms with Gasteiger partial charge in [0, 0.05) is 6.54 Å². The van der Waals surface area contributed by atoms with Crippen LogP contribution in [0.2, 0.25) is 0 Å². The fourth-order valence-electron chi connectivity index (χ4n) is 8.34. The molecule has 0 spiro atoms. The molecule has 3 heteroatoms. The van der Waals surface area contributed by atoms with E-state index in [1.54, 1.807) is 0 Å². The number of hydrogen-bond donors (Lipinski definition) is 1. The molecular formula is C27H39NO2. The number of carbonyl (C=O) groups is 1. The Morgan fingerprint density at radius 2 is 1.87 bits per heavy atom. The van der Waals surface area contributed by atoms with Crippen LogP contribution in [0.25, 0.3) is 0 Å². The lowest BCUT2D eigenvalue weighted by Crippen LogP contribution is -2.51. The number of alkyl carbamates (subject to hydrolysis) is 1. The Bertz CT molecular complexity index is 763. The van der Waals surface area contributed by atoms with Crippen LogP contribution in [-0.2, 0) is 11.3 Å². The molecule has 4 fully saturated rings. The van der Waals surface area contributed by atoms with Crippen LogP contribution in [0.5, 0.6) is 0 Å². The van der Waals surface area contributed by atoms with E-state index < -0.39 is 0 Å². The molecule has 4 aliphatic rings. The van der Waals surface area contributed by atoms with E-state index in [9.17, 15) is 4.79 Å². The summed E-state index contributed by atoms with van der Waals surface area (Å²) in [6.45, 7) is 5.67. The first kappa shape index (κ1) is 20.4. The van der Waals surface area contributed by atoms with Gasteiger partial charge in [0.05, 0.1) is 0 Å². The van der Waals surface area contributed by atoms with Gasteiger partial charge >= 0.3 is 6.09 Å². The summed E-state index contributed by atoms with van der Waals surface area (Å²) in [5.74, 6) is 3.46. The highest BCUT2D eigenvalue weighted by atomic mass is 16.6. The zero-order valence-electron chi connectivity index (χ0n) is 18.9. The number of nitrogens with one attached hydrogen (secondary N) is 1. The van der Waals surface area contributed by atoms with Crippen molar-refractivity contribution in [2.45, 2.75) is 90.7 Å². The van der Waals surface area contributed by atoms with Crippen molar-refractivity contribution in [2.24, 2.45) is 34.5 Å². The molecule has 5 rings (SSSR count). The minimum atomic E-state index is -0.245. The van der Waals surface area contributed by atoms with Crippen LogP contribution < -0.4 is 5.32 Å². The third kappa shape index (κ3) is 3.56. The standard InChI is InChI=1S/C27H39NO2/c1-26-15-13-23-22(12-11-20-10-6-7-14-27(20,23)2)24(26)16-21(17-26)30-25(29)28-18-19-8-4-3-5-9-19/h3-5,8-9,20-24H,6-7,10-18H2,1-2H3,(H,28,29)/t20-,21+,22-,23+,24+,26-,27+/m1/s1. The second-order valence-corrected chi connectivity index (χ2v) is 11.4. The molecule has 1 N–H and O–H groups in total. The first-order valence-corrected chi connectivity index (χ1v) is 12.5. The van der Waals surface area contributed by atoms with Crippen molar-refractivity contribution >= 4 is 6.09 Å². The van der Waals surface area contributed by atoms with Crippen LogP contribution in [0, 0.1) is 34.5 Å². The summed E-state index contributed by atoms with van der Waals surface area (Å²) >= 11 is 0. The van der Waals surface area contributed by atoms with Crippen molar-refractivity contribution in [1.82, 2.24) is 5.32 Å². The van der Waals surface area contributed by atoms with Crippen molar-refractivity contribution < 1.29 is 9.53 Å². The number of rotatable bonds is 3. The van der Waals surface area contributed by atoms with Crippen LogP contribution in [0.3, 0.4) is 0 Å². The van der Waals surface area contributed by atoms with Crippen molar-refractivity contribution in [3.63, 3.8) is 0 Å². The quantitative estimate of drug-likeness (QED) is 0.602. The van der Waals surface area contributed by atoms with Crippen molar-refractivity contribution in [3.05, 3.63) is 35.9 Å². The number of ether oxygens (including phenoxy) is 1. The summed E-state index contributed by atoms with van der Waals surface area (Å²) < 4.78 is 5.95. The Balaban J connectivity index is 1.22. The molecule has 3 nitrogen and oxygen atoms in total. The fraction of sp³-hybridized carbons (Fsp3) is 0.741.